The number of hydrogen-bond donors (Lipinski definition) is 1. The van der Waals surface area contributed by atoms with Gasteiger partial charge in [-0.1, -0.05) is 50.6 Å². The summed E-state index contributed by atoms with van der Waals surface area (Å²) in [5.74, 6) is 0.686. The number of rotatable bonds is 5. The highest BCUT2D eigenvalue weighted by molar-refractivity contribution is 6.30. The molecule has 0 unspecified atom stereocenters. The minimum Gasteiger partial charge on any atom is -0.349 e. The Bertz CT molecular complexity index is 994. The van der Waals surface area contributed by atoms with Gasteiger partial charge in [-0.3, -0.25) is 4.79 Å². The zero-order valence-corrected chi connectivity index (χ0v) is 16.8. The lowest BCUT2D eigenvalue weighted by Gasteiger charge is -2.12. The van der Waals surface area contributed by atoms with E-state index in [0.29, 0.717) is 22.2 Å². The van der Waals surface area contributed by atoms with Gasteiger partial charge >= 0.3 is 0 Å². The molecule has 0 aliphatic heterocycles. The van der Waals surface area contributed by atoms with E-state index in [0.717, 1.165) is 5.69 Å². The Morgan fingerprint density at radius 3 is 2.61 bits per heavy atom. The van der Waals surface area contributed by atoms with Gasteiger partial charge in [-0.05, 0) is 35.9 Å². The molecular formula is C21H22ClFN4O. The lowest BCUT2D eigenvalue weighted by atomic mass is 9.96. The summed E-state index contributed by atoms with van der Waals surface area (Å²) in [6, 6.07) is 13.3. The van der Waals surface area contributed by atoms with E-state index in [9.17, 15) is 9.18 Å². The van der Waals surface area contributed by atoms with E-state index in [1.54, 1.807) is 28.9 Å². The van der Waals surface area contributed by atoms with Crippen LogP contribution in [0.1, 0.15) is 38.0 Å². The van der Waals surface area contributed by atoms with Crippen molar-refractivity contribution in [1.29, 1.82) is 0 Å². The summed E-state index contributed by atoms with van der Waals surface area (Å²) in [7, 11) is 0. The van der Waals surface area contributed by atoms with Gasteiger partial charge in [0, 0.05) is 10.4 Å². The van der Waals surface area contributed by atoms with Crippen LogP contribution in [0.3, 0.4) is 0 Å². The zero-order chi connectivity index (χ0) is 20.3. The Kier molecular flexibility index (Phi) is 5.79. The van der Waals surface area contributed by atoms with Gasteiger partial charge < -0.3 is 5.32 Å². The molecule has 146 valence electrons. The predicted molar refractivity (Wildman–Crippen MR) is 107 cm³/mol. The number of halogens is 2. The lowest BCUT2D eigenvalue weighted by molar-refractivity contribution is -0.120. The molecule has 1 N–H and O–H groups in total. The third kappa shape index (κ3) is 4.95. The van der Waals surface area contributed by atoms with E-state index in [2.05, 4.69) is 15.4 Å². The van der Waals surface area contributed by atoms with Crippen LogP contribution in [-0.2, 0) is 23.2 Å². The summed E-state index contributed by atoms with van der Waals surface area (Å²) in [4.78, 5) is 16.9. The Morgan fingerprint density at radius 1 is 1.18 bits per heavy atom. The van der Waals surface area contributed by atoms with Gasteiger partial charge in [-0.2, -0.15) is 5.10 Å². The maximum absolute atomic E-state index is 13.3. The fraction of sp³-hybridized carbons (Fsp3) is 0.286. The Labute approximate surface area is 168 Å². The van der Waals surface area contributed by atoms with Gasteiger partial charge in [-0.25, -0.2) is 14.1 Å². The molecule has 0 radical (unpaired) electrons. The highest BCUT2D eigenvalue weighted by Crippen LogP contribution is 2.22. The molecule has 1 aromatic heterocycles. The number of carbonyl (C=O) groups is 1. The van der Waals surface area contributed by atoms with E-state index < -0.39 is 0 Å². The first-order valence-electron chi connectivity index (χ1n) is 8.96. The first kappa shape index (κ1) is 20.0. The van der Waals surface area contributed by atoms with E-state index in [1.165, 1.54) is 12.1 Å². The fourth-order valence-electron chi connectivity index (χ4n) is 2.66. The normalized spacial score (nSPS) is 11.5. The summed E-state index contributed by atoms with van der Waals surface area (Å²) in [6.07, 6.45) is 0.0925. The summed E-state index contributed by atoms with van der Waals surface area (Å²) < 4.78 is 15.0. The van der Waals surface area contributed by atoms with E-state index in [1.807, 2.05) is 32.9 Å². The molecular weight excluding hydrogens is 379 g/mol. The van der Waals surface area contributed by atoms with Crippen LogP contribution < -0.4 is 5.32 Å². The van der Waals surface area contributed by atoms with Crippen molar-refractivity contribution in [2.24, 2.45) is 0 Å². The standard InChI is InChI=1S/C21H22ClFN4O/c1-21(2,3)20-25-18(27(26-20)17-9-5-7-15(22)12-17)13-24-19(28)11-14-6-4-8-16(23)10-14/h4-10,12H,11,13H2,1-3H3,(H,24,28). The largest absolute Gasteiger partial charge is 0.349 e. The van der Waals surface area contributed by atoms with Crippen LogP contribution >= 0.6 is 11.6 Å². The van der Waals surface area contributed by atoms with Crippen LogP contribution in [0.15, 0.2) is 48.5 Å². The zero-order valence-electron chi connectivity index (χ0n) is 16.0. The molecule has 0 aliphatic carbocycles. The van der Waals surface area contributed by atoms with Crippen LogP contribution in [0.2, 0.25) is 5.02 Å². The minimum atomic E-state index is -0.360. The van der Waals surface area contributed by atoms with Gasteiger partial charge in [-0.15, -0.1) is 0 Å². The molecule has 2 aromatic carbocycles. The second-order valence-corrected chi connectivity index (χ2v) is 8.01. The highest BCUT2D eigenvalue weighted by Gasteiger charge is 2.22. The maximum Gasteiger partial charge on any atom is 0.224 e. The molecule has 1 amide bonds. The van der Waals surface area contributed by atoms with Crippen molar-refractivity contribution in [3.8, 4) is 5.69 Å². The molecule has 0 atom stereocenters. The van der Waals surface area contributed by atoms with Crippen LogP contribution in [0.25, 0.3) is 5.69 Å². The van der Waals surface area contributed by atoms with E-state index >= 15 is 0 Å². The van der Waals surface area contributed by atoms with Crippen molar-refractivity contribution in [3.63, 3.8) is 0 Å². The van der Waals surface area contributed by atoms with E-state index in [4.69, 9.17) is 11.6 Å². The summed E-state index contributed by atoms with van der Waals surface area (Å²) >= 11 is 6.11. The maximum atomic E-state index is 13.3. The fourth-order valence-corrected chi connectivity index (χ4v) is 2.85. The Morgan fingerprint density at radius 2 is 1.93 bits per heavy atom. The van der Waals surface area contributed by atoms with Crippen LogP contribution in [-0.4, -0.2) is 20.7 Å². The molecule has 3 rings (SSSR count). The molecule has 0 bridgehead atoms. The number of amides is 1. The number of benzene rings is 2. The SMILES string of the molecule is CC(C)(C)c1nc(CNC(=O)Cc2cccc(F)c2)n(-c2cccc(Cl)c2)n1. The highest BCUT2D eigenvalue weighted by atomic mass is 35.5. The quantitative estimate of drug-likeness (QED) is 0.697. The number of aromatic nitrogens is 3. The van der Waals surface area contributed by atoms with Crippen LogP contribution in [0, 0.1) is 5.82 Å². The number of nitrogens with zero attached hydrogens (tertiary/aromatic N) is 3. The molecule has 0 fully saturated rings. The Balaban J connectivity index is 1.80. The average Bonchev–Trinajstić information content (AvgIpc) is 3.05. The number of hydrogen-bond acceptors (Lipinski definition) is 3. The lowest BCUT2D eigenvalue weighted by Crippen LogP contribution is -2.26. The van der Waals surface area contributed by atoms with Gasteiger partial charge in [0.15, 0.2) is 11.6 Å². The van der Waals surface area contributed by atoms with Crippen LogP contribution in [0.4, 0.5) is 4.39 Å². The second kappa shape index (κ2) is 8.10. The first-order chi connectivity index (χ1) is 13.2. The summed E-state index contributed by atoms with van der Waals surface area (Å²) in [5.41, 5.74) is 1.14. The average molecular weight is 401 g/mol. The summed E-state index contributed by atoms with van der Waals surface area (Å²) in [6.45, 7) is 6.27. The molecule has 0 spiro atoms. The first-order valence-corrected chi connectivity index (χ1v) is 9.34. The molecule has 1 heterocycles. The topological polar surface area (TPSA) is 59.8 Å². The third-order valence-electron chi connectivity index (χ3n) is 4.10. The van der Waals surface area contributed by atoms with Crippen molar-refractivity contribution < 1.29 is 9.18 Å². The van der Waals surface area contributed by atoms with Crippen molar-refractivity contribution >= 4 is 17.5 Å². The molecule has 0 aliphatic rings. The summed E-state index contributed by atoms with van der Waals surface area (Å²) in [5, 5.41) is 8.04. The smallest absolute Gasteiger partial charge is 0.224 e. The van der Waals surface area contributed by atoms with Crippen molar-refractivity contribution in [3.05, 3.63) is 76.6 Å². The van der Waals surface area contributed by atoms with E-state index in [-0.39, 0.29) is 30.1 Å². The van der Waals surface area contributed by atoms with Crippen molar-refractivity contribution in [2.75, 3.05) is 0 Å². The molecule has 5 nitrogen and oxygen atoms in total. The van der Waals surface area contributed by atoms with Gasteiger partial charge in [0.05, 0.1) is 18.7 Å². The molecule has 0 saturated heterocycles. The monoisotopic (exact) mass is 400 g/mol. The molecule has 3 aromatic rings. The minimum absolute atomic E-state index is 0.0925. The van der Waals surface area contributed by atoms with Crippen molar-refractivity contribution in [1.82, 2.24) is 20.1 Å². The van der Waals surface area contributed by atoms with Gasteiger partial charge in [0.25, 0.3) is 0 Å². The third-order valence-corrected chi connectivity index (χ3v) is 4.33. The molecule has 7 heteroatoms. The number of carbonyl (C=O) groups excluding carboxylic acids is 1. The van der Waals surface area contributed by atoms with Crippen LogP contribution in [0.5, 0.6) is 0 Å². The molecule has 0 saturated carbocycles. The second-order valence-electron chi connectivity index (χ2n) is 7.58. The Hall–Kier alpha value is -2.73. The van der Waals surface area contributed by atoms with Crippen molar-refractivity contribution in [2.45, 2.75) is 39.2 Å². The van der Waals surface area contributed by atoms with Gasteiger partial charge in [0.2, 0.25) is 5.91 Å². The number of nitrogens with one attached hydrogen (secondary N) is 1. The van der Waals surface area contributed by atoms with Gasteiger partial charge in [0.1, 0.15) is 5.82 Å². The predicted octanol–water partition coefficient (Wildman–Crippen LogP) is 4.22. The molecule has 28 heavy (non-hydrogen) atoms.